The van der Waals surface area contributed by atoms with Gasteiger partial charge in [-0.3, -0.25) is 9.59 Å². The van der Waals surface area contributed by atoms with E-state index in [1.165, 1.54) is 19.3 Å². The van der Waals surface area contributed by atoms with Gasteiger partial charge in [0.1, 0.15) is 12.4 Å². The molecule has 1 saturated carbocycles. The van der Waals surface area contributed by atoms with Crippen molar-refractivity contribution >= 4 is 11.9 Å². The fourth-order valence-electron chi connectivity index (χ4n) is 3.60. The molecular formula is C20H27NO4. The van der Waals surface area contributed by atoms with Gasteiger partial charge in [0.15, 0.2) is 6.61 Å². The zero-order valence-corrected chi connectivity index (χ0v) is 14.7. The minimum absolute atomic E-state index is 0.198. The van der Waals surface area contributed by atoms with Crippen molar-refractivity contribution in [1.29, 1.82) is 0 Å². The first-order valence-corrected chi connectivity index (χ1v) is 9.39. The molecule has 3 rings (SSSR count). The van der Waals surface area contributed by atoms with E-state index in [9.17, 15) is 9.59 Å². The van der Waals surface area contributed by atoms with E-state index in [0.29, 0.717) is 13.0 Å². The summed E-state index contributed by atoms with van der Waals surface area (Å²) in [5.41, 5.74) is 1.01. The summed E-state index contributed by atoms with van der Waals surface area (Å²) in [5.74, 6) is -0.0731. The smallest absolute Gasteiger partial charge is 0.313 e. The lowest BCUT2D eigenvalue weighted by atomic mass is 9.96. The number of para-hydroxylation sites is 1. The van der Waals surface area contributed by atoms with Crippen LogP contribution in [0.3, 0.4) is 0 Å². The molecule has 5 nitrogen and oxygen atoms in total. The first-order chi connectivity index (χ1) is 12.2. The van der Waals surface area contributed by atoms with Crippen LogP contribution in [0.2, 0.25) is 0 Å². The Morgan fingerprint density at radius 1 is 1.08 bits per heavy atom. The highest BCUT2D eigenvalue weighted by Gasteiger charge is 2.27. The van der Waals surface area contributed by atoms with Crippen molar-refractivity contribution in [2.45, 2.75) is 57.4 Å². The molecule has 1 aromatic rings. The number of esters is 1. The van der Waals surface area contributed by atoms with Gasteiger partial charge in [-0.25, -0.2) is 0 Å². The van der Waals surface area contributed by atoms with Gasteiger partial charge in [-0.1, -0.05) is 50.3 Å². The Morgan fingerprint density at radius 3 is 2.60 bits per heavy atom. The summed E-state index contributed by atoms with van der Waals surface area (Å²) in [4.78, 5) is 24.3. The maximum atomic E-state index is 12.2. The average Bonchev–Trinajstić information content (AvgIpc) is 2.61. The van der Waals surface area contributed by atoms with Gasteiger partial charge in [0.05, 0.1) is 5.92 Å². The molecule has 0 aromatic heterocycles. The molecule has 1 aliphatic heterocycles. The third kappa shape index (κ3) is 5.21. The highest BCUT2D eigenvalue weighted by molar-refractivity contribution is 5.81. The number of fused-ring (bicyclic) bond motifs is 1. The third-order valence-electron chi connectivity index (χ3n) is 5.03. The van der Waals surface area contributed by atoms with E-state index in [4.69, 9.17) is 9.47 Å². The van der Waals surface area contributed by atoms with Gasteiger partial charge in [-0.2, -0.15) is 0 Å². The van der Waals surface area contributed by atoms with Gasteiger partial charge in [0.2, 0.25) is 0 Å². The molecule has 1 fully saturated rings. The Morgan fingerprint density at radius 2 is 1.80 bits per heavy atom. The van der Waals surface area contributed by atoms with Crippen LogP contribution in [0.5, 0.6) is 5.75 Å². The van der Waals surface area contributed by atoms with Crippen LogP contribution in [0.4, 0.5) is 0 Å². The van der Waals surface area contributed by atoms with E-state index in [1.54, 1.807) is 0 Å². The summed E-state index contributed by atoms with van der Waals surface area (Å²) in [6, 6.07) is 7.92. The summed E-state index contributed by atoms with van der Waals surface area (Å²) in [6.07, 6.45) is 8.73. The van der Waals surface area contributed by atoms with E-state index in [-0.39, 0.29) is 30.4 Å². The number of rotatable bonds is 4. The Kier molecular flexibility index (Phi) is 6.31. The second-order valence-electron chi connectivity index (χ2n) is 7.04. The molecule has 1 N–H and O–H groups in total. The molecule has 1 atom stereocenters. The Bertz CT molecular complexity index is 593. The van der Waals surface area contributed by atoms with Gasteiger partial charge in [-0.15, -0.1) is 0 Å². The van der Waals surface area contributed by atoms with Crippen LogP contribution in [0.1, 0.15) is 50.5 Å². The molecule has 1 aromatic carbocycles. The van der Waals surface area contributed by atoms with Crippen LogP contribution >= 0.6 is 0 Å². The maximum absolute atomic E-state index is 12.2. The summed E-state index contributed by atoms with van der Waals surface area (Å²) < 4.78 is 10.8. The number of amides is 1. The van der Waals surface area contributed by atoms with Crippen molar-refractivity contribution in [2.24, 2.45) is 5.92 Å². The molecule has 1 amide bonds. The van der Waals surface area contributed by atoms with Crippen molar-refractivity contribution in [3.63, 3.8) is 0 Å². The Hall–Kier alpha value is -2.04. The van der Waals surface area contributed by atoms with Crippen LogP contribution in [-0.4, -0.2) is 31.1 Å². The first kappa shape index (κ1) is 17.8. The number of hydrogen-bond donors (Lipinski definition) is 1. The van der Waals surface area contributed by atoms with Gasteiger partial charge in [-0.05, 0) is 30.9 Å². The molecule has 5 heteroatoms. The second-order valence-corrected chi connectivity index (χ2v) is 7.04. The maximum Gasteiger partial charge on any atom is 0.313 e. The van der Waals surface area contributed by atoms with Crippen molar-refractivity contribution in [3.05, 3.63) is 29.8 Å². The average molecular weight is 345 g/mol. The molecule has 0 spiro atoms. The highest BCUT2D eigenvalue weighted by Crippen LogP contribution is 2.27. The van der Waals surface area contributed by atoms with E-state index >= 15 is 0 Å². The van der Waals surface area contributed by atoms with Gasteiger partial charge in [0, 0.05) is 6.04 Å². The number of nitrogens with one attached hydrogen (secondary N) is 1. The molecule has 1 aliphatic carbocycles. The second kappa shape index (κ2) is 8.88. The fraction of sp³-hybridized carbons (Fsp3) is 0.600. The predicted molar refractivity (Wildman–Crippen MR) is 94.3 cm³/mol. The minimum Gasteiger partial charge on any atom is -0.492 e. The quantitative estimate of drug-likeness (QED) is 0.852. The lowest BCUT2D eigenvalue weighted by Crippen LogP contribution is -2.39. The van der Waals surface area contributed by atoms with Crippen molar-refractivity contribution in [1.82, 2.24) is 5.32 Å². The third-order valence-corrected chi connectivity index (χ3v) is 5.03. The SMILES string of the molecule is O=C(COC(=O)C1COc2ccccc2C1)NC1CCCCCCC1. The zero-order valence-electron chi connectivity index (χ0n) is 14.7. The Labute approximate surface area is 149 Å². The summed E-state index contributed by atoms with van der Waals surface area (Å²) in [5, 5.41) is 3.01. The molecule has 25 heavy (non-hydrogen) atoms. The molecule has 1 unspecified atom stereocenters. The van der Waals surface area contributed by atoms with E-state index in [0.717, 1.165) is 37.0 Å². The molecule has 0 saturated heterocycles. The monoisotopic (exact) mass is 345 g/mol. The van der Waals surface area contributed by atoms with E-state index in [2.05, 4.69) is 5.32 Å². The van der Waals surface area contributed by atoms with Crippen LogP contribution in [0, 0.1) is 5.92 Å². The number of ether oxygens (including phenoxy) is 2. The lowest BCUT2D eigenvalue weighted by Gasteiger charge is -2.24. The zero-order chi connectivity index (χ0) is 17.5. The molecule has 0 bridgehead atoms. The van der Waals surface area contributed by atoms with Gasteiger partial charge >= 0.3 is 5.97 Å². The summed E-state index contributed by atoms with van der Waals surface area (Å²) >= 11 is 0. The van der Waals surface area contributed by atoms with E-state index < -0.39 is 0 Å². The van der Waals surface area contributed by atoms with E-state index in [1.807, 2.05) is 24.3 Å². The van der Waals surface area contributed by atoms with Crippen LogP contribution in [0.25, 0.3) is 0 Å². The van der Waals surface area contributed by atoms with Crippen LogP contribution in [0.15, 0.2) is 24.3 Å². The topological polar surface area (TPSA) is 64.6 Å². The van der Waals surface area contributed by atoms with Crippen LogP contribution < -0.4 is 10.1 Å². The molecule has 2 aliphatic rings. The normalized spacial score (nSPS) is 21.2. The Balaban J connectivity index is 1.42. The number of carbonyl (C=O) groups is 2. The lowest BCUT2D eigenvalue weighted by molar-refractivity contribution is -0.154. The minimum atomic E-state index is -0.359. The predicted octanol–water partition coefficient (Wildman–Crippen LogP) is 3.01. The highest BCUT2D eigenvalue weighted by atomic mass is 16.5. The molecule has 136 valence electrons. The van der Waals surface area contributed by atoms with Crippen molar-refractivity contribution in [3.8, 4) is 5.75 Å². The number of carbonyl (C=O) groups excluding carboxylic acids is 2. The standard InChI is InChI=1S/C20H27NO4/c22-19(21-17-9-4-2-1-3-5-10-17)14-25-20(23)16-12-15-8-6-7-11-18(15)24-13-16/h6-8,11,16-17H,1-5,9-10,12-14H2,(H,21,22). The molecule has 0 radical (unpaired) electrons. The molecular weight excluding hydrogens is 318 g/mol. The van der Waals surface area contributed by atoms with Gasteiger partial charge in [0.25, 0.3) is 5.91 Å². The summed E-state index contributed by atoms with van der Waals surface area (Å²) in [7, 11) is 0. The van der Waals surface area contributed by atoms with Crippen LogP contribution in [-0.2, 0) is 20.7 Å². The number of benzene rings is 1. The first-order valence-electron chi connectivity index (χ1n) is 9.39. The number of hydrogen-bond acceptors (Lipinski definition) is 4. The van der Waals surface area contributed by atoms with Crippen molar-refractivity contribution < 1.29 is 19.1 Å². The fourth-order valence-corrected chi connectivity index (χ4v) is 3.60. The largest absolute Gasteiger partial charge is 0.492 e. The summed E-state index contributed by atoms with van der Waals surface area (Å²) in [6.45, 7) is 0.105. The van der Waals surface area contributed by atoms with Crippen molar-refractivity contribution in [2.75, 3.05) is 13.2 Å². The van der Waals surface area contributed by atoms with Gasteiger partial charge < -0.3 is 14.8 Å². The molecule has 1 heterocycles.